The molecule has 3 heteroatoms. The van der Waals surface area contributed by atoms with Crippen LogP contribution >= 0.6 is 0 Å². The van der Waals surface area contributed by atoms with Crippen molar-refractivity contribution in [3.63, 3.8) is 0 Å². The summed E-state index contributed by atoms with van der Waals surface area (Å²) in [5, 5.41) is 10.7. The van der Waals surface area contributed by atoms with Crippen molar-refractivity contribution in [2.24, 2.45) is 0 Å². The lowest BCUT2D eigenvalue weighted by Gasteiger charge is -2.32. The van der Waals surface area contributed by atoms with Gasteiger partial charge in [0.15, 0.2) is 0 Å². The summed E-state index contributed by atoms with van der Waals surface area (Å²) in [5.74, 6) is 0. The summed E-state index contributed by atoms with van der Waals surface area (Å²) in [6.45, 7) is 7.80. The number of likely N-dealkylation sites (N-methyl/N-ethyl adjacent to an activating group) is 1. The van der Waals surface area contributed by atoms with Crippen molar-refractivity contribution in [2.75, 3.05) is 40.3 Å². The fraction of sp³-hybridized carbons (Fsp3) is 0.625. The Kier molecular flexibility index (Phi) is 6.49. The second-order valence-corrected chi connectivity index (χ2v) is 5.72. The first kappa shape index (κ1) is 16.2. The minimum Gasteiger partial charge on any atom is -0.384 e. The number of hydrogen-bond donors (Lipinski definition) is 1. The molecule has 0 amide bonds. The van der Waals surface area contributed by atoms with E-state index in [9.17, 15) is 5.11 Å². The molecule has 1 atom stereocenters. The molecule has 1 aromatic carbocycles. The number of aliphatic hydroxyl groups is 1. The van der Waals surface area contributed by atoms with E-state index in [0.29, 0.717) is 6.54 Å². The molecular weight excluding hydrogens is 236 g/mol. The monoisotopic (exact) mass is 264 g/mol. The summed E-state index contributed by atoms with van der Waals surface area (Å²) in [6.07, 6.45) is 1.11. The highest BCUT2D eigenvalue weighted by molar-refractivity contribution is 5.21. The van der Waals surface area contributed by atoms with E-state index in [-0.39, 0.29) is 0 Å². The average Bonchev–Trinajstić information content (AvgIpc) is 2.37. The Morgan fingerprint density at radius 3 is 2.21 bits per heavy atom. The smallest absolute Gasteiger partial charge is 0.0994 e. The Balaban J connectivity index is 2.66. The maximum Gasteiger partial charge on any atom is 0.0994 e. The quantitative estimate of drug-likeness (QED) is 0.779. The van der Waals surface area contributed by atoms with E-state index in [1.807, 2.05) is 37.3 Å². The van der Waals surface area contributed by atoms with Gasteiger partial charge in [-0.3, -0.25) is 4.90 Å². The van der Waals surface area contributed by atoms with Gasteiger partial charge in [-0.15, -0.1) is 0 Å². The molecule has 1 rings (SSSR count). The maximum absolute atomic E-state index is 10.7. The molecule has 0 aromatic heterocycles. The van der Waals surface area contributed by atoms with Crippen LogP contribution in [0.4, 0.5) is 0 Å². The highest BCUT2D eigenvalue weighted by Crippen LogP contribution is 2.21. The van der Waals surface area contributed by atoms with Crippen molar-refractivity contribution in [3.8, 4) is 0 Å². The topological polar surface area (TPSA) is 26.7 Å². The number of nitrogens with zero attached hydrogens (tertiary/aromatic N) is 2. The van der Waals surface area contributed by atoms with E-state index in [1.54, 1.807) is 0 Å². The number of benzene rings is 1. The summed E-state index contributed by atoms with van der Waals surface area (Å²) in [5.41, 5.74) is 0.198. The zero-order valence-electron chi connectivity index (χ0n) is 12.8. The summed E-state index contributed by atoms with van der Waals surface area (Å²) in [6, 6.07) is 9.93. The van der Waals surface area contributed by atoms with Gasteiger partial charge in [-0.1, -0.05) is 37.3 Å². The molecule has 1 aromatic rings. The molecule has 1 N–H and O–H groups in total. The van der Waals surface area contributed by atoms with Crippen LogP contribution in [-0.2, 0) is 5.60 Å². The molecule has 0 aliphatic rings. The third-order valence-electron chi connectivity index (χ3n) is 3.33. The summed E-state index contributed by atoms with van der Waals surface area (Å²) in [4.78, 5) is 4.52. The predicted octanol–water partition coefficient (Wildman–Crippen LogP) is 2.17. The summed E-state index contributed by atoms with van der Waals surface area (Å²) < 4.78 is 0. The van der Waals surface area contributed by atoms with E-state index < -0.39 is 5.60 Å². The average molecular weight is 264 g/mol. The standard InChI is InChI=1S/C16H28N2O/c1-5-11-18(13-12-17(3)4)14-16(2,19)15-9-7-6-8-10-15/h6-10,19H,5,11-14H2,1-4H3. The fourth-order valence-corrected chi connectivity index (χ4v) is 2.25. The Morgan fingerprint density at radius 2 is 1.68 bits per heavy atom. The van der Waals surface area contributed by atoms with Gasteiger partial charge in [0.1, 0.15) is 0 Å². The van der Waals surface area contributed by atoms with Crippen LogP contribution in [0.2, 0.25) is 0 Å². The van der Waals surface area contributed by atoms with Crippen molar-refractivity contribution in [2.45, 2.75) is 25.9 Å². The van der Waals surface area contributed by atoms with Gasteiger partial charge in [-0.25, -0.2) is 0 Å². The second kappa shape index (κ2) is 7.63. The fourth-order valence-electron chi connectivity index (χ4n) is 2.25. The second-order valence-electron chi connectivity index (χ2n) is 5.72. The molecule has 0 bridgehead atoms. The lowest BCUT2D eigenvalue weighted by molar-refractivity contribution is 0.0143. The zero-order valence-corrected chi connectivity index (χ0v) is 12.8. The maximum atomic E-state index is 10.7. The van der Waals surface area contributed by atoms with Crippen molar-refractivity contribution in [3.05, 3.63) is 35.9 Å². The predicted molar refractivity (Wildman–Crippen MR) is 81.3 cm³/mol. The largest absolute Gasteiger partial charge is 0.384 e. The third kappa shape index (κ3) is 5.72. The molecule has 0 saturated carbocycles. The molecule has 108 valence electrons. The van der Waals surface area contributed by atoms with Crippen LogP contribution in [-0.4, -0.2) is 55.2 Å². The lowest BCUT2D eigenvalue weighted by Crippen LogP contribution is -2.42. The van der Waals surface area contributed by atoms with Gasteiger partial charge < -0.3 is 10.0 Å². The van der Waals surface area contributed by atoms with Gasteiger partial charge in [0, 0.05) is 19.6 Å². The molecule has 0 spiro atoms. The Labute approximate surface area is 117 Å². The SMILES string of the molecule is CCCN(CCN(C)C)CC(C)(O)c1ccccc1. The van der Waals surface area contributed by atoms with Crippen LogP contribution in [0.15, 0.2) is 30.3 Å². The highest BCUT2D eigenvalue weighted by Gasteiger charge is 2.25. The van der Waals surface area contributed by atoms with E-state index in [1.165, 1.54) is 0 Å². The number of hydrogen-bond acceptors (Lipinski definition) is 3. The molecule has 0 heterocycles. The minimum atomic E-state index is -0.789. The van der Waals surface area contributed by atoms with Gasteiger partial charge in [0.2, 0.25) is 0 Å². The minimum absolute atomic E-state index is 0.679. The summed E-state index contributed by atoms with van der Waals surface area (Å²) >= 11 is 0. The van der Waals surface area contributed by atoms with E-state index in [4.69, 9.17) is 0 Å². The van der Waals surface area contributed by atoms with Crippen LogP contribution in [0.3, 0.4) is 0 Å². The first-order valence-electron chi connectivity index (χ1n) is 7.10. The van der Waals surface area contributed by atoms with Crippen LogP contribution in [0.5, 0.6) is 0 Å². The molecule has 1 unspecified atom stereocenters. The lowest BCUT2D eigenvalue weighted by atomic mass is 9.95. The van der Waals surface area contributed by atoms with Crippen molar-refractivity contribution < 1.29 is 5.11 Å². The molecule has 0 saturated heterocycles. The molecule has 0 aliphatic heterocycles. The first-order chi connectivity index (χ1) is 8.95. The zero-order chi connectivity index (χ0) is 14.3. The van der Waals surface area contributed by atoms with Crippen LogP contribution in [0, 0.1) is 0 Å². The van der Waals surface area contributed by atoms with Gasteiger partial charge in [-0.05, 0) is 39.5 Å². The Bertz CT molecular complexity index is 349. The molecule has 0 fully saturated rings. The van der Waals surface area contributed by atoms with Gasteiger partial charge in [0.25, 0.3) is 0 Å². The normalized spacial score (nSPS) is 14.9. The van der Waals surface area contributed by atoms with Crippen LogP contribution < -0.4 is 0 Å². The van der Waals surface area contributed by atoms with E-state index in [0.717, 1.165) is 31.6 Å². The van der Waals surface area contributed by atoms with Gasteiger partial charge in [0.05, 0.1) is 5.60 Å². The molecule has 19 heavy (non-hydrogen) atoms. The van der Waals surface area contributed by atoms with Crippen LogP contribution in [0.25, 0.3) is 0 Å². The van der Waals surface area contributed by atoms with Crippen molar-refractivity contribution >= 4 is 0 Å². The molecular formula is C16H28N2O. The number of rotatable bonds is 8. The highest BCUT2D eigenvalue weighted by atomic mass is 16.3. The Morgan fingerprint density at radius 1 is 1.05 bits per heavy atom. The van der Waals surface area contributed by atoms with Gasteiger partial charge in [-0.2, -0.15) is 0 Å². The van der Waals surface area contributed by atoms with Gasteiger partial charge >= 0.3 is 0 Å². The first-order valence-corrected chi connectivity index (χ1v) is 7.10. The molecule has 3 nitrogen and oxygen atoms in total. The van der Waals surface area contributed by atoms with E-state index >= 15 is 0 Å². The van der Waals surface area contributed by atoms with Crippen LogP contribution in [0.1, 0.15) is 25.8 Å². The van der Waals surface area contributed by atoms with E-state index in [2.05, 4.69) is 30.8 Å². The molecule has 0 radical (unpaired) electrons. The third-order valence-corrected chi connectivity index (χ3v) is 3.33. The summed E-state index contributed by atoms with van der Waals surface area (Å²) in [7, 11) is 4.17. The molecule has 0 aliphatic carbocycles. The van der Waals surface area contributed by atoms with Crippen molar-refractivity contribution in [1.82, 2.24) is 9.80 Å². The Hall–Kier alpha value is -0.900. The van der Waals surface area contributed by atoms with Crippen molar-refractivity contribution in [1.29, 1.82) is 0 Å².